The van der Waals surface area contributed by atoms with Crippen molar-refractivity contribution in [2.75, 3.05) is 20.3 Å². The molecule has 0 bridgehead atoms. The van der Waals surface area contributed by atoms with Crippen molar-refractivity contribution >= 4 is 0 Å². The molecule has 0 atom stereocenters. The van der Waals surface area contributed by atoms with Crippen LogP contribution in [-0.4, -0.2) is 30.1 Å². The summed E-state index contributed by atoms with van der Waals surface area (Å²) in [6.07, 6.45) is 3.60. The maximum atomic E-state index is 5.57. The molecule has 1 aromatic heterocycles. The number of hydrogen-bond acceptors (Lipinski definition) is 4. The van der Waals surface area contributed by atoms with Gasteiger partial charge in [0, 0.05) is 6.04 Å². The van der Waals surface area contributed by atoms with Crippen LogP contribution in [0.15, 0.2) is 36.7 Å². The predicted octanol–water partition coefficient (Wildman–Crippen LogP) is 2.93. The third-order valence-corrected chi connectivity index (χ3v) is 2.79. The molecule has 0 spiro atoms. The first kappa shape index (κ1) is 14.2. The summed E-state index contributed by atoms with van der Waals surface area (Å²) in [7, 11) is 1.64. The molecule has 2 rings (SSSR count). The van der Waals surface area contributed by atoms with Crippen LogP contribution in [0.1, 0.15) is 19.9 Å². The van der Waals surface area contributed by atoms with Crippen LogP contribution in [0.4, 0.5) is 0 Å². The van der Waals surface area contributed by atoms with Crippen LogP contribution >= 0.6 is 0 Å². The molecule has 2 aromatic rings. The second kappa shape index (κ2) is 6.84. The lowest BCUT2D eigenvalue weighted by Gasteiger charge is -2.07. The number of aromatic nitrogens is 2. The van der Waals surface area contributed by atoms with Gasteiger partial charge in [0.05, 0.1) is 19.5 Å². The Balaban J connectivity index is 1.72. The van der Waals surface area contributed by atoms with Crippen molar-refractivity contribution < 1.29 is 14.2 Å². The van der Waals surface area contributed by atoms with Crippen LogP contribution in [0.2, 0.25) is 0 Å². The minimum Gasteiger partial charge on any atom is -0.497 e. The van der Waals surface area contributed by atoms with Gasteiger partial charge in [-0.25, -0.2) is 0 Å². The van der Waals surface area contributed by atoms with Gasteiger partial charge in [0.25, 0.3) is 0 Å². The summed E-state index contributed by atoms with van der Waals surface area (Å²) < 4.78 is 18.1. The van der Waals surface area contributed by atoms with E-state index in [1.165, 1.54) is 0 Å². The maximum Gasteiger partial charge on any atom is 0.157 e. The lowest BCUT2D eigenvalue weighted by molar-refractivity contribution is 0.217. The average molecular weight is 276 g/mol. The Morgan fingerprint density at radius 3 is 2.15 bits per heavy atom. The van der Waals surface area contributed by atoms with E-state index in [-0.39, 0.29) is 0 Å². The van der Waals surface area contributed by atoms with Gasteiger partial charge in [-0.1, -0.05) is 0 Å². The van der Waals surface area contributed by atoms with E-state index >= 15 is 0 Å². The summed E-state index contributed by atoms with van der Waals surface area (Å²) in [5.74, 6) is 2.37. The van der Waals surface area contributed by atoms with E-state index in [1.807, 2.05) is 35.1 Å². The second-order valence-corrected chi connectivity index (χ2v) is 4.62. The molecule has 5 heteroatoms. The van der Waals surface area contributed by atoms with Crippen molar-refractivity contribution in [2.24, 2.45) is 0 Å². The first-order valence-electron chi connectivity index (χ1n) is 6.63. The Morgan fingerprint density at radius 2 is 1.60 bits per heavy atom. The molecular formula is C15H20N2O3. The van der Waals surface area contributed by atoms with Crippen LogP contribution in [0.5, 0.6) is 17.2 Å². The standard InChI is InChI=1S/C15H20N2O3/c1-12(2)17-11-15(10-16-17)20-9-8-19-14-6-4-13(18-3)5-7-14/h4-7,10-12H,8-9H2,1-3H3. The number of hydrogen-bond donors (Lipinski definition) is 0. The topological polar surface area (TPSA) is 45.5 Å². The third kappa shape index (κ3) is 3.91. The fraction of sp³-hybridized carbons (Fsp3) is 0.400. The summed E-state index contributed by atoms with van der Waals surface area (Å²) in [5.41, 5.74) is 0. The Labute approximate surface area is 119 Å². The van der Waals surface area contributed by atoms with Crippen molar-refractivity contribution in [3.8, 4) is 17.2 Å². The van der Waals surface area contributed by atoms with E-state index in [0.717, 1.165) is 17.2 Å². The molecule has 0 amide bonds. The lowest BCUT2D eigenvalue weighted by atomic mass is 10.3. The van der Waals surface area contributed by atoms with Gasteiger partial charge < -0.3 is 14.2 Å². The molecule has 0 unspecified atom stereocenters. The fourth-order valence-electron chi connectivity index (χ4n) is 1.67. The van der Waals surface area contributed by atoms with Crippen molar-refractivity contribution in [1.29, 1.82) is 0 Å². The fourth-order valence-corrected chi connectivity index (χ4v) is 1.67. The quantitative estimate of drug-likeness (QED) is 0.729. The molecular weight excluding hydrogens is 256 g/mol. The van der Waals surface area contributed by atoms with Crippen LogP contribution in [0.25, 0.3) is 0 Å². The summed E-state index contributed by atoms with van der Waals surface area (Å²) in [6.45, 7) is 5.11. The van der Waals surface area contributed by atoms with Crippen LogP contribution in [0.3, 0.4) is 0 Å². The van der Waals surface area contributed by atoms with E-state index in [1.54, 1.807) is 13.3 Å². The summed E-state index contributed by atoms with van der Waals surface area (Å²) in [5, 5.41) is 4.21. The molecule has 0 aliphatic rings. The Kier molecular flexibility index (Phi) is 4.87. The van der Waals surface area contributed by atoms with Gasteiger partial charge in [-0.2, -0.15) is 5.10 Å². The number of nitrogens with zero attached hydrogens (tertiary/aromatic N) is 2. The molecule has 0 aliphatic heterocycles. The van der Waals surface area contributed by atoms with Gasteiger partial charge >= 0.3 is 0 Å². The zero-order valence-electron chi connectivity index (χ0n) is 12.1. The largest absolute Gasteiger partial charge is 0.497 e. The molecule has 1 heterocycles. The SMILES string of the molecule is COc1ccc(OCCOc2cnn(C(C)C)c2)cc1. The van der Waals surface area contributed by atoms with Crippen molar-refractivity contribution in [3.63, 3.8) is 0 Å². The Morgan fingerprint density at radius 1 is 1.00 bits per heavy atom. The molecule has 20 heavy (non-hydrogen) atoms. The second-order valence-electron chi connectivity index (χ2n) is 4.62. The smallest absolute Gasteiger partial charge is 0.157 e. The normalized spacial score (nSPS) is 10.6. The van der Waals surface area contributed by atoms with Gasteiger partial charge in [-0.3, -0.25) is 4.68 Å². The van der Waals surface area contributed by atoms with E-state index in [0.29, 0.717) is 19.3 Å². The summed E-state index contributed by atoms with van der Waals surface area (Å²) in [4.78, 5) is 0. The molecule has 0 radical (unpaired) electrons. The average Bonchev–Trinajstić information content (AvgIpc) is 2.93. The van der Waals surface area contributed by atoms with E-state index in [2.05, 4.69) is 18.9 Å². The molecule has 0 N–H and O–H groups in total. The highest BCUT2D eigenvalue weighted by Gasteiger charge is 2.02. The van der Waals surface area contributed by atoms with Gasteiger partial charge in [0.1, 0.15) is 24.7 Å². The number of methoxy groups -OCH3 is 1. The van der Waals surface area contributed by atoms with E-state index in [4.69, 9.17) is 14.2 Å². The van der Waals surface area contributed by atoms with Gasteiger partial charge in [0.2, 0.25) is 0 Å². The molecule has 1 aromatic carbocycles. The third-order valence-electron chi connectivity index (χ3n) is 2.79. The van der Waals surface area contributed by atoms with Gasteiger partial charge in [0.15, 0.2) is 5.75 Å². The van der Waals surface area contributed by atoms with Crippen molar-refractivity contribution in [3.05, 3.63) is 36.7 Å². The Hall–Kier alpha value is -2.17. The van der Waals surface area contributed by atoms with E-state index < -0.39 is 0 Å². The predicted molar refractivity (Wildman–Crippen MR) is 76.6 cm³/mol. The number of ether oxygens (including phenoxy) is 3. The number of benzene rings is 1. The first-order valence-corrected chi connectivity index (χ1v) is 6.63. The summed E-state index contributed by atoms with van der Waals surface area (Å²) >= 11 is 0. The summed E-state index contributed by atoms with van der Waals surface area (Å²) in [6, 6.07) is 7.81. The zero-order chi connectivity index (χ0) is 14.4. The number of rotatable bonds is 7. The maximum absolute atomic E-state index is 5.57. The molecule has 0 saturated carbocycles. The zero-order valence-corrected chi connectivity index (χ0v) is 12.1. The molecule has 0 saturated heterocycles. The Bertz CT molecular complexity index is 520. The van der Waals surface area contributed by atoms with Crippen LogP contribution in [-0.2, 0) is 0 Å². The molecule has 108 valence electrons. The highest BCUT2D eigenvalue weighted by Crippen LogP contribution is 2.17. The molecule has 0 fully saturated rings. The minimum absolute atomic E-state index is 0.336. The minimum atomic E-state index is 0.336. The highest BCUT2D eigenvalue weighted by molar-refractivity contribution is 5.31. The van der Waals surface area contributed by atoms with Crippen molar-refractivity contribution in [1.82, 2.24) is 9.78 Å². The molecule has 5 nitrogen and oxygen atoms in total. The highest BCUT2D eigenvalue weighted by atomic mass is 16.5. The first-order chi connectivity index (χ1) is 9.69. The lowest BCUT2D eigenvalue weighted by Crippen LogP contribution is -2.08. The monoisotopic (exact) mass is 276 g/mol. The van der Waals surface area contributed by atoms with Crippen LogP contribution < -0.4 is 14.2 Å². The van der Waals surface area contributed by atoms with Gasteiger partial charge in [-0.15, -0.1) is 0 Å². The van der Waals surface area contributed by atoms with Crippen LogP contribution in [0, 0.1) is 0 Å². The van der Waals surface area contributed by atoms with E-state index in [9.17, 15) is 0 Å². The molecule has 0 aliphatic carbocycles. The van der Waals surface area contributed by atoms with Gasteiger partial charge in [-0.05, 0) is 38.1 Å². The van der Waals surface area contributed by atoms with Crippen molar-refractivity contribution in [2.45, 2.75) is 19.9 Å².